The first-order valence-electron chi connectivity index (χ1n) is 6.44. The smallest absolute Gasteiger partial charge is 0.300 e. The van der Waals surface area contributed by atoms with Gasteiger partial charge < -0.3 is 15.7 Å². The summed E-state index contributed by atoms with van der Waals surface area (Å²) in [5.74, 6) is -0.799. The van der Waals surface area contributed by atoms with E-state index in [1.807, 2.05) is 27.7 Å². The van der Waals surface area contributed by atoms with Gasteiger partial charge in [-0.15, -0.1) is 0 Å². The van der Waals surface area contributed by atoms with E-state index in [2.05, 4.69) is 10.6 Å². The van der Waals surface area contributed by atoms with E-state index < -0.39 is 5.97 Å². The highest BCUT2D eigenvalue weighted by Crippen LogP contribution is 1.79. The average Bonchev–Trinajstić information content (AvgIpc) is 2.28. The lowest BCUT2D eigenvalue weighted by Crippen LogP contribution is -2.37. The fraction of sp³-hybridized carbons (Fsp3) is 0.769. The second kappa shape index (κ2) is 16.6. The van der Waals surface area contributed by atoms with Crippen molar-refractivity contribution in [3.63, 3.8) is 0 Å². The number of Topliss-reactive ketones (excluding diaryl/α,β-unsaturated/α-hetero) is 1. The minimum Gasteiger partial charge on any atom is -0.481 e. The molecule has 0 aromatic rings. The van der Waals surface area contributed by atoms with Gasteiger partial charge in [0.1, 0.15) is 5.78 Å². The molecule has 0 saturated heterocycles. The van der Waals surface area contributed by atoms with Crippen LogP contribution in [0, 0.1) is 0 Å². The van der Waals surface area contributed by atoms with Gasteiger partial charge in [-0.1, -0.05) is 27.7 Å². The molecule has 0 spiro atoms. The van der Waals surface area contributed by atoms with Crippen molar-refractivity contribution >= 4 is 17.7 Å². The van der Waals surface area contributed by atoms with Crippen molar-refractivity contribution in [3.8, 4) is 0 Å². The quantitative estimate of drug-likeness (QED) is 0.677. The first kappa shape index (κ1) is 22.7. The normalized spacial score (nSPS) is 8.58. The first-order chi connectivity index (χ1) is 8.75. The second-order valence-corrected chi connectivity index (χ2v) is 3.86. The van der Waals surface area contributed by atoms with Crippen LogP contribution in [0.2, 0.25) is 0 Å². The first-order valence-corrected chi connectivity index (χ1v) is 6.44. The zero-order chi connectivity index (χ0) is 15.8. The Balaban J connectivity index is -0.000000361. The molecule has 0 aliphatic rings. The molecule has 19 heavy (non-hydrogen) atoms. The summed E-state index contributed by atoms with van der Waals surface area (Å²) in [6.45, 7) is 11.3. The summed E-state index contributed by atoms with van der Waals surface area (Å²) in [6, 6.07) is 0.304. The molecule has 1 amide bonds. The van der Waals surface area contributed by atoms with Crippen LogP contribution in [0.1, 0.15) is 48.0 Å². The van der Waals surface area contributed by atoms with Crippen LogP contribution >= 0.6 is 0 Å². The molecule has 6 nitrogen and oxygen atoms in total. The van der Waals surface area contributed by atoms with Crippen LogP contribution in [0.4, 0.5) is 0 Å². The topological polar surface area (TPSA) is 95.5 Å². The molecule has 0 aromatic carbocycles. The highest BCUT2D eigenvalue weighted by atomic mass is 16.4. The van der Waals surface area contributed by atoms with E-state index >= 15 is 0 Å². The van der Waals surface area contributed by atoms with E-state index in [0.29, 0.717) is 25.6 Å². The van der Waals surface area contributed by atoms with Crippen LogP contribution in [-0.4, -0.2) is 41.9 Å². The number of carboxylic acids is 1. The Morgan fingerprint density at radius 2 is 1.53 bits per heavy atom. The molecule has 0 saturated carbocycles. The van der Waals surface area contributed by atoms with Crippen LogP contribution in [0.15, 0.2) is 0 Å². The van der Waals surface area contributed by atoms with Crippen LogP contribution < -0.4 is 10.6 Å². The third-order valence-corrected chi connectivity index (χ3v) is 1.47. The summed E-state index contributed by atoms with van der Waals surface area (Å²) in [7, 11) is 0. The molecule has 6 heteroatoms. The predicted molar refractivity (Wildman–Crippen MR) is 76.1 cm³/mol. The van der Waals surface area contributed by atoms with E-state index in [-0.39, 0.29) is 11.7 Å². The van der Waals surface area contributed by atoms with Crippen molar-refractivity contribution < 1.29 is 19.5 Å². The number of hydrogen-bond donors (Lipinski definition) is 3. The highest BCUT2D eigenvalue weighted by Gasteiger charge is 2.01. The van der Waals surface area contributed by atoms with Gasteiger partial charge >= 0.3 is 0 Å². The maximum absolute atomic E-state index is 11.0. The largest absolute Gasteiger partial charge is 0.481 e. The molecule has 0 bridgehead atoms. The number of aliphatic carboxylic acids is 1. The van der Waals surface area contributed by atoms with Gasteiger partial charge in [0, 0.05) is 25.9 Å². The fourth-order valence-corrected chi connectivity index (χ4v) is 0.737. The molecule has 0 aromatic heterocycles. The van der Waals surface area contributed by atoms with Gasteiger partial charge in [-0.3, -0.25) is 14.4 Å². The number of amides is 1. The maximum Gasteiger partial charge on any atom is 0.300 e. The lowest BCUT2D eigenvalue weighted by molar-refractivity contribution is -0.134. The van der Waals surface area contributed by atoms with Crippen LogP contribution in [0.3, 0.4) is 0 Å². The molecule has 0 radical (unpaired) electrons. The number of carbonyl (C=O) groups is 3. The van der Waals surface area contributed by atoms with E-state index in [1.165, 1.54) is 6.92 Å². The molecule has 3 N–H and O–H groups in total. The Morgan fingerprint density at radius 3 is 1.84 bits per heavy atom. The van der Waals surface area contributed by atoms with Crippen LogP contribution in [-0.2, 0) is 14.4 Å². The predicted octanol–water partition coefficient (Wildman–Crippen LogP) is 1.20. The van der Waals surface area contributed by atoms with E-state index in [4.69, 9.17) is 9.90 Å². The lowest BCUT2D eigenvalue weighted by atomic mass is 10.3. The summed E-state index contributed by atoms with van der Waals surface area (Å²) in [6.07, 6.45) is 0.410. The highest BCUT2D eigenvalue weighted by molar-refractivity contribution is 5.79. The Morgan fingerprint density at radius 1 is 1.11 bits per heavy atom. The molecule has 0 fully saturated rings. The van der Waals surface area contributed by atoms with E-state index in [1.54, 1.807) is 0 Å². The maximum atomic E-state index is 11.0. The monoisotopic (exact) mass is 276 g/mol. The molecule has 0 heterocycles. The van der Waals surface area contributed by atoms with E-state index in [9.17, 15) is 9.59 Å². The van der Waals surface area contributed by atoms with Crippen molar-refractivity contribution in [2.24, 2.45) is 0 Å². The molecular formula is C13H28N2O4. The molecular weight excluding hydrogens is 248 g/mol. The molecule has 0 aliphatic heterocycles. The van der Waals surface area contributed by atoms with Crippen molar-refractivity contribution in [2.75, 3.05) is 13.1 Å². The minimum atomic E-state index is -0.833. The molecule has 0 unspecified atom stereocenters. The molecule has 114 valence electrons. The van der Waals surface area contributed by atoms with Crippen LogP contribution in [0.5, 0.6) is 0 Å². The third kappa shape index (κ3) is 38.4. The zero-order valence-corrected chi connectivity index (χ0v) is 12.9. The minimum absolute atomic E-state index is 0.0602. The second-order valence-electron chi connectivity index (χ2n) is 3.86. The number of rotatable bonds is 6. The summed E-state index contributed by atoms with van der Waals surface area (Å²) < 4.78 is 0. The van der Waals surface area contributed by atoms with Gasteiger partial charge in [0.15, 0.2) is 0 Å². The summed E-state index contributed by atoms with van der Waals surface area (Å²) in [4.78, 5) is 30.6. The Hall–Kier alpha value is -1.43. The van der Waals surface area contributed by atoms with Gasteiger partial charge in [-0.25, -0.2) is 0 Å². The van der Waals surface area contributed by atoms with Gasteiger partial charge in [0.25, 0.3) is 5.97 Å². The average molecular weight is 276 g/mol. The number of ketones is 1. The van der Waals surface area contributed by atoms with Crippen molar-refractivity contribution in [3.05, 3.63) is 0 Å². The molecule has 0 aliphatic carbocycles. The zero-order valence-electron chi connectivity index (χ0n) is 12.9. The SMILES string of the molecule is CC.CC(=O)CCNC(=O)CNC(C)C.CC(=O)O. The van der Waals surface area contributed by atoms with Crippen LogP contribution in [0.25, 0.3) is 0 Å². The lowest BCUT2D eigenvalue weighted by Gasteiger charge is -2.07. The Bertz CT molecular complexity index is 249. The number of nitrogens with one attached hydrogen (secondary N) is 2. The van der Waals surface area contributed by atoms with Crippen molar-refractivity contribution in [1.29, 1.82) is 0 Å². The number of carboxylic acid groups (broad SMARTS) is 1. The standard InChI is InChI=1S/C9H18N2O2.C2H4O2.C2H6/c1-7(2)11-6-9(13)10-5-4-8(3)12;1-2(3)4;1-2/h7,11H,4-6H2,1-3H3,(H,10,13);1H3,(H,3,4);1-2H3. The summed E-state index contributed by atoms with van der Waals surface area (Å²) >= 11 is 0. The van der Waals surface area contributed by atoms with Gasteiger partial charge in [-0.05, 0) is 6.92 Å². The number of hydrogen-bond acceptors (Lipinski definition) is 4. The molecule has 0 atom stereocenters. The summed E-state index contributed by atoms with van der Waals surface area (Å²) in [5.41, 5.74) is 0. The summed E-state index contributed by atoms with van der Waals surface area (Å²) in [5, 5.41) is 13.1. The van der Waals surface area contributed by atoms with Crippen molar-refractivity contribution in [1.82, 2.24) is 10.6 Å². The Labute approximate surface area is 116 Å². The number of carbonyl (C=O) groups excluding carboxylic acids is 2. The van der Waals surface area contributed by atoms with Gasteiger partial charge in [0.2, 0.25) is 5.91 Å². The van der Waals surface area contributed by atoms with Gasteiger partial charge in [0.05, 0.1) is 6.54 Å². The Kier molecular flexibility index (Phi) is 19.8. The fourth-order valence-electron chi connectivity index (χ4n) is 0.737. The molecule has 0 rings (SSSR count). The van der Waals surface area contributed by atoms with E-state index in [0.717, 1.165) is 6.92 Å². The third-order valence-electron chi connectivity index (χ3n) is 1.47. The van der Waals surface area contributed by atoms with Gasteiger partial charge in [-0.2, -0.15) is 0 Å². The van der Waals surface area contributed by atoms with Crippen molar-refractivity contribution in [2.45, 2.75) is 54.0 Å².